The highest BCUT2D eigenvalue weighted by Crippen LogP contribution is 2.11. The number of carbonyl (C=O) groups is 1. The van der Waals surface area contributed by atoms with Crippen LogP contribution in [0.1, 0.15) is 47.5 Å². The van der Waals surface area contributed by atoms with Gasteiger partial charge in [-0.25, -0.2) is 0 Å². The Morgan fingerprint density at radius 3 is 2.38 bits per heavy atom. The highest BCUT2D eigenvalue weighted by Gasteiger charge is 2.21. The standard InChI is InChI=1S/C18H37NO4S/c1-6-8-22-9-10-23-12-16(20)13-24-11-7-17(19-15(4)5)18(21)14(2)3/h14-17,19-20H,6-13H2,1-5H3/t16?,17-/m0/s1. The van der Waals surface area contributed by atoms with E-state index < -0.39 is 6.10 Å². The van der Waals surface area contributed by atoms with E-state index in [1.54, 1.807) is 11.8 Å². The molecule has 0 saturated carbocycles. The van der Waals surface area contributed by atoms with Crippen molar-refractivity contribution in [2.75, 3.05) is 37.9 Å². The van der Waals surface area contributed by atoms with Crippen molar-refractivity contribution < 1.29 is 19.4 Å². The lowest BCUT2D eigenvalue weighted by Crippen LogP contribution is -2.43. The summed E-state index contributed by atoms with van der Waals surface area (Å²) in [6.45, 7) is 12.2. The summed E-state index contributed by atoms with van der Waals surface area (Å²) in [5.41, 5.74) is 0. The van der Waals surface area contributed by atoms with Gasteiger partial charge < -0.3 is 19.9 Å². The third kappa shape index (κ3) is 13.2. The Kier molecular flexibility index (Phi) is 15.1. The van der Waals surface area contributed by atoms with Gasteiger partial charge in [0.05, 0.1) is 32.0 Å². The first-order chi connectivity index (χ1) is 11.4. The van der Waals surface area contributed by atoms with E-state index in [2.05, 4.69) is 26.1 Å². The fourth-order valence-electron chi connectivity index (χ4n) is 2.16. The van der Waals surface area contributed by atoms with Crippen LogP contribution in [0.25, 0.3) is 0 Å². The van der Waals surface area contributed by atoms with Crippen LogP contribution in [0.15, 0.2) is 0 Å². The summed E-state index contributed by atoms with van der Waals surface area (Å²) >= 11 is 1.66. The largest absolute Gasteiger partial charge is 0.390 e. The number of ether oxygens (including phenoxy) is 2. The Balaban J connectivity index is 3.81. The summed E-state index contributed by atoms with van der Waals surface area (Å²) in [4.78, 5) is 12.2. The van der Waals surface area contributed by atoms with Gasteiger partial charge in [-0.2, -0.15) is 11.8 Å². The van der Waals surface area contributed by atoms with Gasteiger partial charge in [0.15, 0.2) is 5.78 Å². The molecule has 0 aliphatic rings. The minimum atomic E-state index is -0.474. The Hall–Kier alpha value is -0.140. The second-order valence-electron chi connectivity index (χ2n) is 6.64. The van der Waals surface area contributed by atoms with E-state index in [1.165, 1.54) is 0 Å². The number of aliphatic hydroxyl groups excluding tert-OH is 1. The molecular formula is C18H37NO4S. The average molecular weight is 364 g/mol. The summed E-state index contributed by atoms with van der Waals surface area (Å²) in [6, 6.07) is 0.193. The lowest BCUT2D eigenvalue weighted by Gasteiger charge is -2.22. The summed E-state index contributed by atoms with van der Waals surface area (Å²) in [5.74, 6) is 1.78. The van der Waals surface area contributed by atoms with Crippen LogP contribution in [-0.2, 0) is 14.3 Å². The zero-order valence-corrected chi connectivity index (χ0v) is 16.9. The number of nitrogens with one attached hydrogen (secondary N) is 1. The molecule has 0 aromatic heterocycles. The number of thioether (sulfide) groups is 1. The number of ketones is 1. The summed E-state index contributed by atoms with van der Waals surface area (Å²) in [7, 11) is 0. The van der Waals surface area contributed by atoms with Crippen molar-refractivity contribution in [3.63, 3.8) is 0 Å². The quantitative estimate of drug-likeness (QED) is 0.411. The molecule has 144 valence electrons. The van der Waals surface area contributed by atoms with Crippen LogP contribution in [0.2, 0.25) is 0 Å². The highest BCUT2D eigenvalue weighted by atomic mass is 32.2. The smallest absolute Gasteiger partial charge is 0.152 e. The van der Waals surface area contributed by atoms with Crippen LogP contribution in [0.3, 0.4) is 0 Å². The summed E-state index contributed by atoms with van der Waals surface area (Å²) < 4.78 is 10.7. The molecule has 0 heterocycles. The normalized spacial score (nSPS) is 14.3. The van der Waals surface area contributed by atoms with Crippen molar-refractivity contribution in [1.82, 2.24) is 5.32 Å². The van der Waals surface area contributed by atoms with Crippen LogP contribution in [-0.4, -0.2) is 67.0 Å². The molecule has 6 heteroatoms. The second kappa shape index (κ2) is 15.1. The first kappa shape index (κ1) is 23.9. The van der Waals surface area contributed by atoms with Crippen LogP contribution in [0.4, 0.5) is 0 Å². The Labute approximate surface area is 152 Å². The lowest BCUT2D eigenvalue weighted by molar-refractivity contribution is -0.124. The minimum absolute atomic E-state index is 0.0418. The maximum absolute atomic E-state index is 12.2. The number of carbonyl (C=O) groups excluding carboxylic acids is 1. The summed E-state index contributed by atoms with van der Waals surface area (Å²) in [6.07, 6.45) is 1.32. The molecule has 1 unspecified atom stereocenters. The molecule has 0 aliphatic heterocycles. The first-order valence-corrected chi connectivity index (χ1v) is 10.2. The van der Waals surface area contributed by atoms with E-state index in [-0.39, 0.29) is 23.8 Å². The van der Waals surface area contributed by atoms with Crippen molar-refractivity contribution in [3.05, 3.63) is 0 Å². The van der Waals surface area contributed by atoms with E-state index in [9.17, 15) is 9.90 Å². The Morgan fingerprint density at radius 1 is 1.12 bits per heavy atom. The number of hydrogen-bond acceptors (Lipinski definition) is 6. The third-order valence-corrected chi connectivity index (χ3v) is 4.48. The molecule has 0 amide bonds. The predicted octanol–water partition coefficient (Wildman–Crippen LogP) is 2.51. The minimum Gasteiger partial charge on any atom is -0.390 e. The average Bonchev–Trinajstić information content (AvgIpc) is 2.52. The molecule has 0 radical (unpaired) electrons. The number of hydrogen-bond donors (Lipinski definition) is 2. The van der Waals surface area contributed by atoms with E-state index in [4.69, 9.17) is 9.47 Å². The van der Waals surface area contributed by atoms with Crippen LogP contribution in [0, 0.1) is 5.92 Å². The van der Waals surface area contributed by atoms with E-state index in [0.717, 1.165) is 25.2 Å². The van der Waals surface area contributed by atoms with Gasteiger partial charge in [0.25, 0.3) is 0 Å². The lowest BCUT2D eigenvalue weighted by atomic mass is 9.99. The molecule has 0 rings (SSSR count). The fraction of sp³-hybridized carbons (Fsp3) is 0.944. The van der Waals surface area contributed by atoms with Gasteiger partial charge in [-0.05, 0) is 18.6 Å². The van der Waals surface area contributed by atoms with Gasteiger partial charge in [-0.15, -0.1) is 0 Å². The molecule has 2 atom stereocenters. The topological polar surface area (TPSA) is 67.8 Å². The molecule has 24 heavy (non-hydrogen) atoms. The molecule has 0 saturated heterocycles. The highest BCUT2D eigenvalue weighted by molar-refractivity contribution is 7.99. The summed E-state index contributed by atoms with van der Waals surface area (Å²) in [5, 5.41) is 13.2. The van der Waals surface area contributed by atoms with Gasteiger partial charge in [0, 0.05) is 24.3 Å². The fourth-order valence-corrected chi connectivity index (χ4v) is 3.10. The number of aliphatic hydroxyl groups is 1. The third-order valence-electron chi connectivity index (χ3n) is 3.34. The van der Waals surface area contributed by atoms with Gasteiger partial charge in [-0.1, -0.05) is 34.6 Å². The van der Waals surface area contributed by atoms with Crippen molar-refractivity contribution in [1.29, 1.82) is 0 Å². The van der Waals surface area contributed by atoms with E-state index in [1.807, 2.05) is 13.8 Å². The maximum Gasteiger partial charge on any atom is 0.152 e. The van der Waals surface area contributed by atoms with E-state index >= 15 is 0 Å². The SMILES string of the molecule is CCCOCCOCC(O)CSCC[C@H](NC(C)C)C(=O)C(C)C. The van der Waals surface area contributed by atoms with Gasteiger partial charge >= 0.3 is 0 Å². The molecule has 0 fully saturated rings. The first-order valence-electron chi connectivity index (χ1n) is 9.09. The van der Waals surface area contributed by atoms with Crippen molar-refractivity contribution in [3.8, 4) is 0 Å². The molecule has 0 aromatic carbocycles. The molecular weight excluding hydrogens is 326 g/mol. The predicted molar refractivity (Wildman–Crippen MR) is 102 cm³/mol. The van der Waals surface area contributed by atoms with Crippen molar-refractivity contribution >= 4 is 17.5 Å². The Morgan fingerprint density at radius 2 is 1.79 bits per heavy atom. The van der Waals surface area contributed by atoms with Crippen LogP contribution in [0.5, 0.6) is 0 Å². The van der Waals surface area contributed by atoms with Gasteiger partial charge in [0.2, 0.25) is 0 Å². The van der Waals surface area contributed by atoms with Gasteiger partial charge in [0.1, 0.15) is 0 Å². The second-order valence-corrected chi connectivity index (χ2v) is 7.79. The van der Waals surface area contributed by atoms with Crippen molar-refractivity contribution in [2.24, 2.45) is 5.92 Å². The van der Waals surface area contributed by atoms with Crippen LogP contribution < -0.4 is 5.32 Å². The molecule has 2 N–H and O–H groups in total. The molecule has 0 aliphatic carbocycles. The zero-order valence-electron chi connectivity index (χ0n) is 16.0. The molecule has 5 nitrogen and oxygen atoms in total. The van der Waals surface area contributed by atoms with E-state index in [0.29, 0.717) is 25.6 Å². The van der Waals surface area contributed by atoms with Crippen LogP contribution >= 0.6 is 11.8 Å². The maximum atomic E-state index is 12.2. The zero-order chi connectivity index (χ0) is 18.4. The molecule has 0 spiro atoms. The molecule has 0 bridgehead atoms. The monoisotopic (exact) mass is 363 g/mol. The van der Waals surface area contributed by atoms with Crippen molar-refractivity contribution in [2.45, 2.75) is 65.6 Å². The number of Topliss-reactive ketones (excluding diaryl/α,β-unsaturated/α-hetero) is 1. The van der Waals surface area contributed by atoms with Gasteiger partial charge in [-0.3, -0.25) is 4.79 Å². The Bertz CT molecular complexity index is 313. The molecule has 0 aromatic rings. The number of rotatable bonds is 16.